The van der Waals surface area contributed by atoms with Gasteiger partial charge in [-0.2, -0.15) is 0 Å². The van der Waals surface area contributed by atoms with Crippen molar-refractivity contribution in [2.75, 3.05) is 39.3 Å². The summed E-state index contributed by atoms with van der Waals surface area (Å²) in [5, 5.41) is 3.61. The lowest BCUT2D eigenvalue weighted by Crippen LogP contribution is -2.44. The van der Waals surface area contributed by atoms with Gasteiger partial charge in [-0.3, -0.25) is 4.90 Å². The number of nitrogens with zero attached hydrogens (tertiary/aromatic N) is 1. The molecule has 0 saturated carbocycles. The second kappa shape index (κ2) is 6.21. The molecule has 5 heteroatoms. The van der Waals surface area contributed by atoms with Gasteiger partial charge < -0.3 is 10.1 Å². The number of benzene rings is 1. The lowest BCUT2D eigenvalue weighted by Gasteiger charge is -2.37. The first-order valence-corrected chi connectivity index (χ1v) is 7.93. The number of halogens is 2. The minimum atomic E-state index is -0.377. The van der Waals surface area contributed by atoms with Crippen molar-refractivity contribution in [2.45, 2.75) is 19.4 Å². The van der Waals surface area contributed by atoms with E-state index in [-0.39, 0.29) is 16.9 Å². The van der Waals surface area contributed by atoms with Gasteiger partial charge in [0.15, 0.2) is 0 Å². The van der Waals surface area contributed by atoms with Gasteiger partial charge in [0.2, 0.25) is 0 Å². The van der Waals surface area contributed by atoms with Crippen LogP contribution in [-0.2, 0) is 4.74 Å². The van der Waals surface area contributed by atoms with Crippen LogP contribution in [0.15, 0.2) is 18.2 Å². The fraction of sp³-hybridized carbons (Fsp3) is 0.625. The number of ether oxygens (including phenoxy) is 1. The Bertz CT molecular complexity index is 505. The molecule has 2 aliphatic heterocycles. The van der Waals surface area contributed by atoms with Crippen molar-refractivity contribution in [3.63, 3.8) is 0 Å². The molecule has 2 atom stereocenters. The van der Waals surface area contributed by atoms with Gasteiger partial charge in [-0.1, -0.05) is 24.6 Å². The summed E-state index contributed by atoms with van der Waals surface area (Å²) < 4.78 is 19.1. The van der Waals surface area contributed by atoms with Gasteiger partial charge >= 0.3 is 0 Å². The molecular weight excluding hydrogens is 291 g/mol. The van der Waals surface area contributed by atoms with Crippen molar-refractivity contribution in [1.29, 1.82) is 0 Å². The molecule has 1 aromatic rings. The highest BCUT2D eigenvalue weighted by Crippen LogP contribution is 2.30. The van der Waals surface area contributed by atoms with Gasteiger partial charge in [-0.25, -0.2) is 4.39 Å². The summed E-state index contributed by atoms with van der Waals surface area (Å²) in [6.07, 6.45) is 1.20. The van der Waals surface area contributed by atoms with Crippen molar-refractivity contribution in [1.82, 2.24) is 10.2 Å². The maximum absolute atomic E-state index is 13.3. The number of hydrogen-bond acceptors (Lipinski definition) is 3. The SMILES string of the molecule is CC1(CN2CCOC(c3ccc(F)c(Cl)c3)C2)CCNC1. The third-order valence-corrected chi connectivity index (χ3v) is 4.82. The molecule has 2 aliphatic rings. The Balaban J connectivity index is 1.66. The molecular formula is C16H22ClFN2O. The average molecular weight is 313 g/mol. The standard InChI is InChI=1S/C16H22ClFN2O/c1-16(4-5-19-10-16)11-20-6-7-21-15(9-20)12-2-3-14(18)13(17)8-12/h2-3,8,15,19H,4-7,9-11H2,1H3. The number of morpholine rings is 1. The van der Waals surface area contributed by atoms with E-state index < -0.39 is 0 Å². The van der Waals surface area contributed by atoms with Crippen LogP contribution in [0.4, 0.5) is 4.39 Å². The number of nitrogens with one attached hydrogen (secondary N) is 1. The van der Waals surface area contributed by atoms with Crippen molar-refractivity contribution < 1.29 is 9.13 Å². The smallest absolute Gasteiger partial charge is 0.141 e. The van der Waals surface area contributed by atoms with Crippen LogP contribution in [0.1, 0.15) is 25.0 Å². The molecule has 0 aromatic heterocycles. The molecule has 0 radical (unpaired) electrons. The fourth-order valence-corrected chi connectivity index (χ4v) is 3.49. The Morgan fingerprint density at radius 2 is 2.38 bits per heavy atom. The zero-order valence-corrected chi connectivity index (χ0v) is 13.1. The van der Waals surface area contributed by atoms with Crippen LogP contribution in [0.3, 0.4) is 0 Å². The zero-order chi connectivity index (χ0) is 14.9. The van der Waals surface area contributed by atoms with Crippen molar-refractivity contribution in [2.24, 2.45) is 5.41 Å². The van der Waals surface area contributed by atoms with E-state index in [0.717, 1.165) is 38.3 Å². The first-order valence-electron chi connectivity index (χ1n) is 7.55. The molecule has 3 rings (SSSR count). The van der Waals surface area contributed by atoms with Gasteiger partial charge in [0.05, 0.1) is 17.7 Å². The van der Waals surface area contributed by atoms with Crippen molar-refractivity contribution in [3.05, 3.63) is 34.6 Å². The van der Waals surface area contributed by atoms with Crippen LogP contribution in [0.25, 0.3) is 0 Å². The maximum Gasteiger partial charge on any atom is 0.141 e. The monoisotopic (exact) mass is 312 g/mol. The zero-order valence-electron chi connectivity index (χ0n) is 12.4. The second-order valence-electron chi connectivity index (χ2n) is 6.51. The van der Waals surface area contributed by atoms with E-state index in [1.165, 1.54) is 12.5 Å². The Morgan fingerprint density at radius 3 is 3.10 bits per heavy atom. The molecule has 2 fully saturated rings. The van der Waals surface area contributed by atoms with E-state index in [1.807, 2.05) is 0 Å². The summed E-state index contributed by atoms with van der Waals surface area (Å²) in [7, 11) is 0. The Kier molecular flexibility index (Phi) is 4.50. The third kappa shape index (κ3) is 3.57. The molecule has 0 spiro atoms. The first kappa shape index (κ1) is 15.2. The van der Waals surface area contributed by atoms with Crippen LogP contribution < -0.4 is 5.32 Å². The summed E-state index contributed by atoms with van der Waals surface area (Å²) in [6.45, 7) is 8.12. The number of hydrogen-bond donors (Lipinski definition) is 1. The van der Waals surface area contributed by atoms with Crippen molar-refractivity contribution in [3.8, 4) is 0 Å². The van der Waals surface area contributed by atoms with E-state index in [2.05, 4.69) is 17.1 Å². The van der Waals surface area contributed by atoms with Crippen LogP contribution >= 0.6 is 11.6 Å². The van der Waals surface area contributed by atoms with E-state index in [1.54, 1.807) is 12.1 Å². The summed E-state index contributed by atoms with van der Waals surface area (Å²) in [6, 6.07) is 4.88. The van der Waals surface area contributed by atoms with E-state index >= 15 is 0 Å². The van der Waals surface area contributed by atoms with Crippen LogP contribution in [0.2, 0.25) is 5.02 Å². The predicted molar refractivity (Wildman–Crippen MR) is 82.1 cm³/mol. The minimum absolute atomic E-state index is 0.0187. The fourth-order valence-electron chi connectivity index (χ4n) is 3.30. The molecule has 1 aromatic carbocycles. The van der Waals surface area contributed by atoms with Crippen LogP contribution in [-0.4, -0.2) is 44.2 Å². The molecule has 2 saturated heterocycles. The summed E-state index contributed by atoms with van der Waals surface area (Å²) in [5.74, 6) is -0.377. The summed E-state index contributed by atoms with van der Waals surface area (Å²) in [4.78, 5) is 2.46. The molecule has 0 amide bonds. The first-order chi connectivity index (χ1) is 10.1. The lowest BCUT2D eigenvalue weighted by molar-refractivity contribution is -0.0400. The van der Waals surface area contributed by atoms with Gasteiger partial charge in [0, 0.05) is 26.2 Å². The Hall–Kier alpha value is -0.680. The van der Waals surface area contributed by atoms with E-state index in [0.29, 0.717) is 12.0 Å². The van der Waals surface area contributed by atoms with Crippen molar-refractivity contribution >= 4 is 11.6 Å². The average Bonchev–Trinajstić information content (AvgIpc) is 2.88. The molecule has 3 nitrogen and oxygen atoms in total. The molecule has 2 unspecified atom stereocenters. The molecule has 2 heterocycles. The molecule has 1 N–H and O–H groups in total. The van der Waals surface area contributed by atoms with E-state index in [4.69, 9.17) is 16.3 Å². The topological polar surface area (TPSA) is 24.5 Å². The minimum Gasteiger partial charge on any atom is -0.371 e. The summed E-state index contributed by atoms with van der Waals surface area (Å²) >= 11 is 5.88. The highest BCUT2D eigenvalue weighted by molar-refractivity contribution is 6.30. The molecule has 21 heavy (non-hydrogen) atoms. The Labute approximate surface area is 130 Å². The maximum atomic E-state index is 13.3. The van der Waals surface area contributed by atoms with Crippen LogP contribution in [0.5, 0.6) is 0 Å². The van der Waals surface area contributed by atoms with E-state index in [9.17, 15) is 4.39 Å². The number of rotatable bonds is 3. The van der Waals surface area contributed by atoms with Gasteiger partial charge in [0.1, 0.15) is 5.82 Å². The third-order valence-electron chi connectivity index (χ3n) is 4.53. The summed E-state index contributed by atoms with van der Waals surface area (Å²) in [5.41, 5.74) is 1.31. The molecule has 0 aliphatic carbocycles. The Morgan fingerprint density at radius 1 is 1.52 bits per heavy atom. The highest BCUT2D eigenvalue weighted by atomic mass is 35.5. The molecule has 0 bridgehead atoms. The lowest BCUT2D eigenvalue weighted by atomic mass is 9.89. The van der Waals surface area contributed by atoms with Gasteiger partial charge in [-0.15, -0.1) is 0 Å². The molecule has 116 valence electrons. The quantitative estimate of drug-likeness (QED) is 0.929. The largest absolute Gasteiger partial charge is 0.371 e. The van der Waals surface area contributed by atoms with Gasteiger partial charge in [-0.05, 0) is 36.1 Å². The normalized spacial score (nSPS) is 30.7. The van der Waals surface area contributed by atoms with Crippen LogP contribution in [0, 0.1) is 11.2 Å². The highest BCUT2D eigenvalue weighted by Gasteiger charge is 2.33. The predicted octanol–water partition coefficient (Wildman–Crippen LogP) is 2.85. The van der Waals surface area contributed by atoms with Gasteiger partial charge in [0.25, 0.3) is 0 Å². The second-order valence-corrected chi connectivity index (χ2v) is 6.91.